The van der Waals surface area contributed by atoms with E-state index in [1.54, 1.807) is 6.07 Å². The minimum atomic E-state index is -0.557. The first-order valence-electron chi connectivity index (χ1n) is 10.5. The number of hydrogen-bond donors (Lipinski definition) is 2. The van der Waals surface area contributed by atoms with E-state index < -0.39 is 4.92 Å². The molecule has 2 aromatic carbocycles. The Kier molecular flexibility index (Phi) is 7.42. The third kappa shape index (κ3) is 6.04. The zero-order valence-corrected chi connectivity index (χ0v) is 18.5. The molecule has 0 bridgehead atoms. The van der Waals surface area contributed by atoms with Gasteiger partial charge in [-0.3, -0.25) is 24.6 Å². The van der Waals surface area contributed by atoms with Crippen molar-refractivity contribution in [3.8, 4) is 5.75 Å². The van der Waals surface area contributed by atoms with Crippen LogP contribution in [0.25, 0.3) is 0 Å². The van der Waals surface area contributed by atoms with E-state index in [0.717, 1.165) is 29.7 Å². The molecule has 0 aromatic heterocycles. The number of amides is 2. The maximum Gasteiger partial charge on any atom is 0.312 e. The van der Waals surface area contributed by atoms with E-state index in [1.807, 2.05) is 36.9 Å². The van der Waals surface area contributed by atoms with Crippen molar-refractivity contribution >= 4 is 28.9 Å². The summed E-state index contributed by atoms with van der Waals surface area (Å²) < 4.78 is 4.97. The van der Waals surface area contributed by atoms with Gasteiger partial charge in [0.25, 0.3) is 0 Å². The molecule has 1 aliphatic rings. The highest BCUT2D eigenvalue weighted by molar-refractivity contribution is 5.94. The average Bonchev–Trinajstić information content (AvgIpc) is 3.59. The number of benzene rings is 2. The Balaban J connectivity index is 1.56. The van der Waals surface area contributed by atoms with Crippen molar-refractivity contribution in [2.24, 2.45) is 0 Å². The van der Waals surface area contributed by atoms with Crippen LogP contribution in [0.3, 0.4) is 0 Å². The monoisotopic (exact) mass is 440 g/mol. The first kappa shape index (κ1) is 23.2. The third-order valence-electron chi connectivity index (χ3n) is 5.44. The molecule has 0 unspecified atom stereocenters. The highest BCUT2D eigenvalue weighted by atomic mass is 16.6. The Bertz CT molecular complexity index is 999. The summed E-state index contributed by atoms with van der Waals surface area (Å²) in [6, 6.07) is 10.4. The summed E-state index contributed by atoms with van der Waals surface area (Å²) in [6.07, 6.45) is 2.18. The molecular weight excluding hydrogens is 412 g/mol. The first-order chi connectivity index (χ1) is 15.3. The number of nitro groups is 1. The molecule has 1 fully saturated rings. The molecule has 0 radical (unpaired) electrons. The van der Waals surface area contributed by atoms with Gasteiger partial charge in [0.1, 0.15) is 0 Å². The third-order valence-corrected chi connectivity index (χ3v) is 5.44. The second kappa shape index (κ2) is 10.2. The van der Waals surface area contributed by atoms with Gasteiger partial charge in [0.2, 0.25) is 11.8 Å². The number of aryl methyl sites for hydroxylation is 2. The molecule has 9 heteroatoms. The van der Waals surface area contributed by atoms with E-state index in [9.17, 15) is 19.7 Å². The van der Waals surface area contributed by atoms with Crippen LogP contribution in [0.1, 0.15) is 30.4 Å². The van der Waals surface area contributed by atoms with Crippen LogP contribution in [-0.4, -0.2) is 47.9 Å². The summed E-state index contributed by atoms with van der Waals surface area (Å²) in [5.41, 5.74) is 2.95. The van der Waals surface area contributed by atoms with E-state index >= 15 is 0 Å². The molecule has 32 heavy (non-hydrogen) atoms. The van der Waals surface area contributed by atoms with Gasteiger partial charge < -0.3 is 15.4 Å². The van der Waals surface area contributed by atoms with Crippen molar-refractivity contribution in [2.75, 3.05) is 30.8 Å². The number of nitrogens with zero attached hydrogens (tertiary/aromatic N) is 2. The number of carbonyl (C=O) groups is 2. The molecule has 2 aromatic rings. The number of nitrogens with one attached hydrogen (secondary N) is 2. The highest BCUT2D eigenvalue weighted by Gasteiger charge is 2.30. The van der Waals surface area contributed by atoms with Gasteiger partial charge in [-0.1, -0.05) is 18.2 Å². The molecule has 0 atom stereocenters. The zero-order valence-electron chi connectivity index (χ0n) is 18.5. The number of anilines is 2. The molecule has 0 heterocycles. The van der Waals surface area contributed by atoms with Crippen molar-refractivity contribution in [3.63, 3.8) is 0 Å². The van der Waals surface area contributed by atoms with Crippen molar-refractivity contribution in [1.82, 2.24) is 4.90 Å². The molecule has 1 aliphatic carbocycles. The van der Waals surface area contributed by atoms with E-state index in [0.29, 0.717) is 18.3 Å². The van der Waals surface area contributed by atoms with Gasteiger partial charge in [0.05, 0.1) is 18.6 Å². The second-order valence-electron chi connectivity index (χ2n) is 7.96. The Hall–Kier alpha value is -3.46. The number of carbonyl (C=O) groups excluding carboxylic acids is 2. The van der Waals surface area contributed by atoms with Crippen LogP contribution < -0.4 is 15.4 Å². The fraction of sp³-hybridized carbons (Fsp3) is 0.391. The van der Waals surface area contributed by atoms with E-state index in [-0.39, 0.29) is 36.2 Å². The average molecular weight is 441 g/mol. The van der Waals surface area contributed by atoms with Crippen LogP contribution in [0, 0.1) is 24.0 Å². The minimum Gasteiger partial charge on any atom is -0.490 e. The lowest BCUT2D eigenvalue weighted by Crippen LogP contribution is -2.37. The fourth-order valence-electron chi connectivity index (χ4n) is 3.58. The number of hydrogen-bond acceptors (Lipinski definition) is 6. The van der Waals surface area contributed by atoms with Crippen LogP contribution >= 0.6 is 0 Å². The van der Waals surface area contributed by atoms with Crippen LogP contribution in [0.2, 0.25) is 0 Å². The molecule has 170 valence electrons. The number of para-hydroxylation sites is 1. The largest absolute Gasteiger partial charge is 0.490 e. The van der Waals surface area contributed by atoms with Crippen LogP contribution in [-0.2, 0) is 9.59 Å². The number of ether oxygens (including phenoxy) is 1. The highest BCUT2D eigenvalue weighted by Crippen LogP contribution is 2.30. The molecule has 0 spiro atoms. The molecular formula is C23H28N4O5. The standard InChI is InChI=1S/C23H28N4O5/c1-15-5-4-6-16(2)23(15)25-22(29)14-26(18-8-9-18)12-11-21(28)24-17-7-10-20(32-3)19(13-17)27(30)31/h4-7,10,13,18H,8-9,11-12,14H2,1-3H3,(H,24,28)(H,25,29). The quantitative estimate of drug-likeness (QED) is 0.431. The van der Waals surface area contributed by atoms with Crippen molar-refractivity contribution in [2.45, 2.75) is 39.2 Å². The molecule has 2 amide bonds. The maximum absolute atomic E-state index is 12.6. The van der Waals surface area contributed by atoms with Crippen molar-refractivity contribution in [3.05, 3.63) is 57.6 Å². The Morgan fingerprint density at radius 2 is 1.81 bits per heavy atom. The zero-order chi connectivity index (χ0) is 23.3. The lowest BCUT2D eigenvalue weighted by atomic mass is 10.1. The normalized spacial score (nSPS) is 13.0. The smallest absolute Gasteiger partial charge is 0.312 e. The Morgan fingerprint density at radius 1 is 1.12 bits per heavy atom. The van der Waals surface area contributed by atoms with Gasteiger partial charge in [0, 0.05) is 36.4 Å². The molecule has 9 nitrogen and oxygen atoms in total. The van der Waals surface area contributed by atoms with Crippen LogP contribution in [0.15, 0.2) is 36.4 Å². The summed E-state index contributed by atoms with van der Waals surface area (Å²) in [5, 5.41) is 16.8. The molecule has 3 rings (SSSR count). The fourth-order valence-corrected chi connectivity index (χ4v) is 3.58. The molecule has 0 saturated heterocycles. The predicted octanol–water partition coefficient (Wildman–Crippen LogP) is 3.65. The maximum atomic E-state index is 12.6. The number of nitro benzene ring substituents is 1. The van der Waals surface area contributed by atoms with Gasteiger partial charge in [-0.05, 0) is 49.9 Å². The van der Waals surface area contributed by atoms with E-state index in [2.05, 4.69) is 10.6 Å². The summed E-state index contributed by atoms with van der Waals surface area (Å²) in [7, 11) is 1.35. The van der Waals surface area contributed by atoms with Crippen LogP contribution in [0.4, 0.5) is 17.1 Å². The summed E-state index contributed by atoms with van der Waals surface area (Å²) >= 11 is 0. The van der Waals surface area contributed by atoms with E-state index in [4.69, 9.17) is 4.74 Å². The topological polar surface area (TPSA) is 114 Å². The SMILES string of the molecule is COc1ccc(NC(=O)CCN(CC(=O)Nc2c(C)cccc2C)C2CC2)cc1[N+](=O)[O-]. The van der Waals surface area contributed by atoms with Crippen molar-refractivity contribution in [1.29, 1.82) is 0 Å². The van der Waals surface area contributed by atoms with Gasteiger partial charge in [0.15, 0.2) is 5.75 Å². The summed E-state index contributed by atoms with van der Waals surface area (Å²) in [6.45, 7) is 4.54. The van der Waals surface area contributed by atoms with Gasteiger partial charge in [-0.15, -0.1) is 0 Å². The molecule has 0 aliphatic heterocycles. The second-order valence-corrected chi connectivity index (χ2v) is 7.96. The number of rotatable bonds is 10. The number of methoxy groups -OCH3 is 1. The first-order valence-corrected chi connectivity index (χ1v) is 10.5. The van der Waals surface area contributed by atoms with Gasteiger partial charge in [-0.2, -0.15) is 0 Å². The van der Waals surface area contributed by atoms with E-state index in [1.165, 1.54) is 19.2 Å². The van der Waals surface area contributed by atoms with Crippen molar-refractivity contribution < 1.29 is 19.2 Å². The lowest BCUT2D eigenvalue weighted by molar-refractivity contribution is -0.385. The van der Waals surface area contributed by atoms with Gasteiger partial charge in [-0.25, -0.2) is 0 Å². The summed E-state index contributed by atoms with van der Waals surface area (Å²) in [5.74, 6) is -0.256. The molecule has 1 saturated carbocycles. The lowest BCUT2D eigenvalue weighted by Gasteiger charge is -2.22. The van der Waals surface area contributed by atoms with Gasteiger partial charge >= 0.3 is 5.69 Å². The molecule has 2 N–H and O–H groups in total. The van der Waals surface area contributed by atoms with Crippen LogP contribution in [0.5, 0.6) is 5.75 Å². The minimum absolute atomic E-state index is 0.111. The predicted molar refractivity (Wildman–Crippen MR) is 122 cm³/mol. The Labute approximate surface area is 186 Å². The Morgan fingerprint density at radius 3 is 2.41 bits per heavy atom. The summed E-state index contributed by atoms with van der Waals surface area (Å²) in [4.78, 5) is 37.7.